The Labute approximate surface area is 190 Å². The highest BCUT2D eigenvalue weighted by Gasteiger charge is 2.36. The number of nitrogens with zero attached hydrogens (tertiary/aromatic N) is 3. The molecule has 0 spiro atoms. The van der Waals surface area contributed by atoms with Crippen molar-refractivity contribution in [3.8, 4) is 0 Å². The first kappa shape index (κ1) is 24.4. The van der Waals surface area contributed by atoms with Gasteiger partial charge in [0.05, 0.1) is 10.7 Å². The van der Waals surface area contributed by atoms with Gasteiger partial charge in [0, 0.05) is 39.1 Å². The van der Waals surface area contributed by atoms with E-state index in [1.165, 1.54) is 9.80 Å². The Morgan fingerprint density at radius 3 is 2.41 bits per heavy atom. The number of nitrogens with two attached hydrogens (primary N) is 1. The Balaban J connectivity index is 1.91. The fraction of sp³-hybridized carbons (Fsp3) is 0.526. The summed E-state index contributed by atoms with van der Waals surface area (Å²) < 4.78 is 42.4. The number of hydrogen-bond donors (Lipinski definition) is 2. The predicted octanol–water partition coefficient (Wildman–Crippen LogP) is -0.0978. The van der Waals surface area contributed by atoms with Crippen molar-refractivity contribution in [2.24, 2.45) is 5.73 Å². The molecule has 0 saturated carbocycles. The Morgan fingerprint density at radius 2 is 1.81 bits per heavy atom. The highest BCUT2D eigenvalue weighted by atomic mass is 35.5. The second-order valence-corrected chi connectivity index (χ2v) is 9.89. The third-order valence-electron chi connectivity index (χ3n) is 5.51. The molecule has 2 saturated heterocycles. The number of benzene rings is 1. The van der Waals surface area contributed by atoms with E-state index in [1.54, 1.807) is 0 Å². The van der Waals surface area contributed by atoms with Crippen LogP contribution in [0.5, 0.6) is 0 Å². The van der Waals surface area contributed by atoms with Crippen LogP contribution >= 0.6 is 11.6 Å². The Hall–Kier alpha value is -2.28. The van der Waals surface area contributed by atoms with Crippen molar-refractivity contribution >= 4 is 45.0 Å². The van der Waals surface area contributed by atoms with Crippen LogP contribution in [0.3, 0.4) is 0 Å². The van der Waals surface area contributed by atoms with Gasteiger partial charge >= 0.3 is 0 Å². The Kier molecular flexibility index (Phi) is 7.38. The SMILES string of the molecule is CN1CCN(C(=O)[C@@H](NS(=O)(=O)c2cc(F)cc(N3CCCCC3=O)c2Cl)C(N)=O)CC1. The summed E-state index contributed by atoms with van der Waals surface area (Å²) in [5.74, 6) is -3.24. The minimum Gasteiger partial charge on any atom is -0.368 e. The highest BCUT2D eigenvalue weighted by molar-refractivity contribution is 7.89. The van der Waals surface area contributed by atoms with Gasteiger partial charge in [-0.15, -0.1) is 0 Å². The number of piperidine rings is 1. The zero-order chi connectivity index (χ0) is 23.6. The number of nitrogens with one attached hydrogen (secondary N) is 1. The Morgan fingerprint density at radius 1 is 1.16 bits per heavy atom. The average Bonchev–Trinajstić information content (AvgIpc) is 2.74. The van der Waals surface area contributed by atoms with Gasteiger partial charge in [0.25, 0.3) is 5.91 Å². The van der Waals surface area contributed by atoms with Crippen LogP contribution < -0.4 is 15.4 Å². The molecule has 3 rings (SSSR count). The first-order valence-corrected chi connectivity index (χ1v) is 12.0. The molecule has 2 aliphatic heterocycles. The molecule has 0 aromatic heterocycles. The summed E-state index contributed by atoms with van der Waals surface area (Å²) in [6, 6.07) is -0.241. The van der Waals surface area contributed by atoms with Crippen molar-refractivity contribution in [3.05, 3.63) is 23.0 Å². The van der Waals surface area contributed by atoms with Crippen LogP contribution in [0.15, 0.2) is 17.0 Å². The molecule has 176 valence electrons. The second-order valence-electron chi connectivity index (χ2n) is 7.82. The lowest BCUT2D eigenvalue weighted by Crippen LogP contribution is -2.58. The van der Waals surface area contributed by atoms with Gasteiger partial charge < -0.3 is 20.4 Å². The number of likely N-dealkylation sites (N-methyl/N-ethyl adjacent to an activating group) is 1. The smallest absolute Gasteiger partial charge is 0.250 e. The van der Waals surface area contributed by atoms with Crippen molar-refractivity contribution in [2.75, 3.05) is 44.7 Å². The van der Waals surface area contributed by atoms with Gasteiger partial charge in [-0.1, -0.05) is 11.6 Å². The van der Waals surface area contributed by atoms with E-state index in [9.17, 15) is 27.2 Å². The predicted molar refractivity (Wildman–Crippen MR) is 115 cm³/mol. The molecule has 0 aliphatic carbocycles. The average molecular weight is 490 g/mol. The van der Waals surface area contributed by atoms with Crippen LogP contribution in [0.2, 0.25) is 5.02 Å². The third kappa shape index (κ3) is 5.20. The van der Waals surface area contributed by atoms with Crippen molar-refractivity contribution < 1.29 is 27.2 Å². The number of halogens is 2. The van der Waals surface area contributed by atoms with Crippen LogP contribution in [0.1, 0.15) is 19.3 Å². The number of rotatable bonds is 6. The fourth-order valence-corrected chi connectivity index (χ4v) is 5.44. The number of primary amides is 1. The molecule has 0 radical (unpaired) electrons. The minimum atomic E-state index is -4.65. The number of anilines is 1. The van der Waals surface area contributed by atoms with Crippen LogP contribution in [0.25, 0.3) is 0 Å². The summed E-state index contributed by atoms with van der Waals surface area (Å²) in [5.41, 5.74) is 5.22. The maximum Gasteiger partial charge on any atom is 0.250 e. The van der Waals surface area contributed by atoms with E-state index in [0.717, 1.165) is 6.07 Å². The molecular formula is C19H25ClFN5O5S. The van der Waals surface area contributed by atoms with E-state index in [4.69, 9.17) is 17.3 Å². The molecule has 32 heavy (non-hydrogen) atoms. The summed E-state index contributed by atoms with van der Waals surface area (Å²) in [6.45, 7) is 1.95. The van der Waals surface area contributed by atoms with E-state index < -0.39 is 38.6 Å². The molecule has 1 aromatic rings. The number of sulfonamides is 1. The molecule has 10 nitrogen and oxygen atoms in total. The molecule has 1 aromatic carbocycles. The molecule has 2 fully saturated rings. The molecular weight excluding hydrogens is 465 g/mol. The van der Waals surface area contributed by atoms with Crippen molar-refractivity contribution in [1.29, 1.82) is 0 Å². The highest BCUT2D eigenvalue weighted by Crippen LogP contribution is 2.35. The van der Waals surface area contributed by atoms with Crippen LogP contribution in [0.4, 0.5) is 10.1 Å². The van der Waals surface area contributed by atoms with Gasteiger partial charge in [0.2, 0.25) is 21.8 Å². The number of carbonyl (C=O) groups is 3. The molecule has 13 heteroatoms. The second kappa shape index (κ2) is 9.69. The zero-order valence-electron chi connectivity index (χ0n) is 17.5. The largest absolute Gasteiger partial charge is 0.368 e. The van der Waals surface area contributed by atoms with Crippen LogP contribution in [0, 0.1) is 5.82 Å². The molecule has 3 N–H and O–H groups in total. The summed E-state index contributed by atoms with van der Waals surface area (Å²) in [4.78, 5) is 40.8. The van der Waals surface area contributed by atoms with E-state index >= 15 is 0 Å². The summed E-state index contributed by atoms with van der Waals surface area (Å²) in [5, 5.41) is -0.385. The number of hydrogen-bond acceptors (Lipinski definition) is 6. The van der Waals surface area contributed by atoms with E-state index in [2.05, 4.69) is 0 Å². The lowest BCUT2D eigenvalue weighted by molar-refractivity contribution is -0.138. The zero-order valence-corrected chi connectivity index (χ0v) is 19.1. The topological polar surface area (TPSA) is 133 Å². The fourth-order valence-electron chi connectivity index (χ4n) is 3.66. The number of piperazine rings is 1. The van der Waals surface area contributed by atoms with Gasteiger partial charge in [-0.2, -0.15) is 4.72 Å². The van der Waals surface area contributed by atoms with Gasteiger partial charge in [-0.3, -0.25) is 14.4 Å². The van der Waals surface area contributed by atoms with Crippen molar-refractivity contribution in [3.63, 3.8) is 0 Å². The van der Waals surface area contributed by atoms with E-state index in [1.807, 2.05) is 16.7 Å². The monoisotopic (exact) mass is 489 g/mol. The van der Waals surface area contributed by atoms with Gasteiger partial charge in [-0.25, -0.2) is 12.8 Å². The van der Waals surface area contributed by atoms with Crippen molar-refractivity contribution in [1.82, 2.24) is 14.5 Å². The maximum atomic E-state index is 14.3. The number of carbonyl (C=O) groups excluding carboxylic acids is 3. The molecule has 2 aliphatic rings. The molecule has 3 amide bonds. The lowest BCUT2D eigenvalue weighted by atomic mass is 10.1. The molecule has 0 bridgehead atoms. The summed E-state index contributed by atoms with van der Waals surface area (Å²) >= 11 is 6.27. The summed E-state index contributed by atoms with van der Waals surface area (Å²) in [7, 11) is -2.78. The molecule has 1 atom stereocenters. The molecule has 2 heterocycles. The third-order valence-corrected chi connectivity index (χ3v) is 7.46. The lowest BCUT2D eigenvalue weighted by Gasteiger charge is -2.34. The minimum absolute atomic E-state index is 0.0854. The van der Waals surface area contributed by atoms with Gasteiger partial charge in [0.1, 0.15) is 10.7 Å². The summed E-state index contributed by atoms with van der Waals surface area (Å²) in [6.07, 6.45) is 1.56. The quantitative estimate of drug-likeness (QED) is 0.536. The maximum absolute atomic E-state index is 14.3. The van der Waals surface area contributed by atoms with Crippen LogP contribution in [-0.2, 0) is 24.4 Å². The first-order chi connectivity index (χ1) is 15.0. The van der Waals surface area contributed by atoms with Crippen LogP contribution in [-0.4, -0.2) is 81.8 Å². The first-order valence-electron chi connectivity index (χ1n) is 10.1. The van der Waals surface area contributed by atoms with Gasteiger partial charge in [-0.05, 0) is 32.0 Å². The van der Waals surface area contributed by atoms with Gasteiger partial charge in [0.15, 0.2) is 6.04 Å². The Bertz CT molecular complexity index is 1030. The number of amides is 3. The standard InChI is InChI=1S/C19H25ClFN5O5S/c1-24-6-8-25(9-7-24)19(29)17(18(22)28)23-32(30,31)14-11-12(21)10-13(16(14)20)26-5-3-2-4-15(26)27/h10-11,17,23H,2-9H2,1H3,(H2,22,28)/t17-/m0/s1. The normalized spacial score (nSPS) is 19.2. The molecule has 0 unspecified atom stereocenters. The van der Waals surface area contributed by atoms with E-state index in [-0.39, 0.29) is 29.6 Å². The van der Waals surface area contributed by atoms with E-state index in [0.29, 0.717) is 45.1 Å². The van der Waals surface area contributed by atoms with Crippen molar-refractivity contribution in [2.45, 2.75) is 30.2 Å².